The molecule has 1 aliphatic rings. The number of carbonyl (C=O) groups excluding carboxylic acids is 3. The Kier molecular flexibility index (Phi) is 11.8. The Morgan fingerprint density at radius 2 is 1.79 bits per heavy atom. The van der Waals surface area contributed by atoms with Crippen molar-refractivity contribution in [2.45, 2.75) is 26.5 Å². The van der Waals surface area contributed by atoms with Gasteiger partial charge in [0, 0.05) is 15.7 Å². The average molecular weight is 707 g/mol. The largest absolute Gasteiger partial charge is 0.493 e. The Morgan fingerprint density at radius 3 is 2.47 bits per heavy atom. The summed E-state index contributed by atoms with van der Waals surface area (Å²) in [6.45, 7) is 3.29. The molecule has 3 aromatic rings. The second kappa shape index (κ2) is 16.1. The number of rotatable bonds is 13. The molecule has 0 aliphatic carbocycles. The van der Waals surface area contributed by atoms with E-state index in [1.165, 1.54) is 20.4 Å². The van der Waals surface area contributed by atoms with Crippen molar-refractivity contribution in [3.05, 3.63) is 92.6 Å². The number of hydrogen-bond acceptors (Lipinski definition) is 10. The summed E-state index contributed by atoms with van der Waals surface area (Å²) in [6.07, 6.45) is 1.42. The zero-order valence-corrected chi connectivity index (χ0v) is 27.6. The first-order valence-electron chi connectivity index (χ1n) is 14.2. The molecule has 3 N–H and O–H groups in total. The van der Waals surface area contributed by atoms with Gasteiger partial charge in [-0.05, 0) is 61.4 Å². The quantitative estimate of drug-likeness (QED) is 0.130. The van der Waals surface area contributed by atoms with Gasteiger partial charge in [-0.2, -0.15) is 10.4 Å². The van der Waals surface area contributed by atoms with Gasteiger partial charge in [0.1, 0.15) is 6.61 Å². The summed E-state index contributed by atoms with van der Waals surface area (Å²) in [4.78, 5) is 37.5. The highest BCUT2D eigenvalue weighted by Gasteiger charge is 2.32. The van der Waals surface area contributed by atoms with Crippen molar-refractivity contribution in [2.75, 3.05) is 27.4 Å². The van der Waals surface area contributed by atoms with Crippen LogP contribution >= 0.6 is 15.9 Å². The molecule has 47 heavy (non-hydrogen) atoms. The standard InChI is InChI=1S/C33H32BrN5O8/c1-5-45-32(41)29-19(2)37-33(42)38-30(29)22-10-11-25(26(13-22)43-3)46-18-28(40)39-36-16-23-12-24(34)14-27(44-4)31(23)47-17-21-8-6-20(15-35)7-9-21/h6-14,16,30H,5,17-18H2,1-4H3,(H,39,40)(H2,37,38,42)/b36-16+/t30-/m1/s1. The number of halogens is 1. The third kappa shape index (κ3) is 8.80. The molecule has 14 heteroatoms. The number of hydrogen-bond donors (Lipinski definition) is 3. The summed E-state index contributed by atoms with van der Waals surface area (Å²) in [5.74, 6) is 0.263. The molecule has 0 saturated carbocycles. The van der Waals surface area contributed by atoms with Gasteiger partial charge in [0.2, 0.25) is 0 Å². The molecule has 4 rings (SSSR count). The van der Waals surface area contributed by atoms with E-state index in [4.69, 9.17) is 28.9 Å². The van der Waals surface area contributed by atoms with Crippen LogP contribution in [0.1, 0.15) is 42.1 Å². The first kappa shape index (κ1) is 34.3. The van der Waals surface area contributed by atoms with Crippen LogP contribution in [0.5, 0.6) is 23.0 Å². The van der Waals surface area contributed by atoms with Crippen LogP contribution in [0.25, 0.3) is 0 Å². The average Bonchev–Trinajstić information content (AvgIpc) is 3.06. The van der Waals surface area contributed by atoms with E-state index >= 15 is 0 Å². The topological polar surface area (TPSA) is 170 Å². The molecule has 3 aromatic carbocycles. The number of amides is 3. The zero-order valence-electron chi connectivity index (χ0n) is 26.0. The van der Waals surface area contributed by atoms with E-state index in [-0.39, 0.29) is 30.3 Å². The number of ether oxygens (including phenoxy) is 5. The molecule has 1 heterocycles. The number of esters is 1. The minimum absolute atomic E-state index is 0.171. The van der Waals surface area contributed by atoms with Crippen molar-refractivity contribution >= 4 is 40.1 Å². The van der Waals surface area contributed by atoms with E-state index in [0.717, 1.165) is 5.56 Å². The van der Waals surface area contributed by atoms with Crippen LogP contribution in [0, 0.1) is 11.3 Å². The number of benzene rings is 3. The van der Waals surface area contributed by atoms with Gasteiger partial charge in [0.05, 0.1) is 50.3 Å². The predicted molar refractivity (Wildman–Crippen MR) is 174 cm³/mol. The molecule has 0 fully saturated rings. The molecule has 0 bridgehead atoms. The van der Waals surface area contributed by atoms with E-state index in [2.05, 4.69) is 43.2 Å². The third-order valence-electron chi connectivity index (χ3n) is 6.77. The Morgan fingerprint density at radius 1 is 1.04 bits per heavy atom. The lowest BCUT2D eigenvalue weighted by Crippen LogP contribution is -2.45. The normalized spacial score (nSPS) is 14.0. The molecule has 0 spiro atoms. The van der Waals surface area contributed by atoms with E-state index < -0.39 is 30.6 Å². The molecule has 0 saturated heterocycles. The van der Waals surface area contributed by atoms with Gasteiger partial charge in [-0.1, -0.05) is 34.1 Å². The molecule has 1 aliphatic heterocycles. The van der Waals surface area contributed by atoms with E-state index in [1.807, 2.05) is 0 Å². The summed E-state index contributed by atoms with van der Waals surface area (Å²) in [7, 11) is 2.94. The van der Waals surface area contributed by atoms with Crippen LogP contribution in [0.3, 0.4) is 0 Å². The second-order valence-corrected chi connectivity index (χ2v) is 10.8. The molecule has 0 aromatic heterocycles. The van der Waals surface area contributed by atoms with E-state index in [9.17, 15) is 14.4 Å². The lowest BCUT2D eigenvalue weighted by Gasteiger charge is -2.28. The highest BCUT2D eigenvalue weighted by molar-refractivity contribution is 9.10. The molecule has 1 atom stereocenters. The Balaban J connectivity index is 1.42. The molecule has 3 amide bonds. The maximum atomic E-state index is 12.6. The highest BCUT2D eigenvalue weighted by Crippen LogP contribution is 2.36. The van der Waals surface area contributed by atoms with Crippen LogP contribution in [-0.4, -0.2) is 51.6 Å². The van der Waals surface area contributed by atoms with Crippen LogP contribution in [0.4, 0.5) is 4.79 Å². The molecule has 244 valence electrons. The van der Waals surface area contributed by atoms with Crippen molar-refractivity contribution in [1.29, 1.82) is 5.26 Å². The van der Waals surface area contributed by atoms with Gasteiger partial charge in [0.25, 0.3) is 5.91 Å². The first-order valence-corrected chi connectivity index (χ1v) is 15.0. The van der Waals surface area contributed by atoms with E-state index in [1.54, 1.807) is 68.4 Å². The first-order chi connectivity index (χ1) is 22.7. The number of allylic oxidation sites excluding steroid dienone is 1. The minimum atomic E-state index is -0.794. The zero-order chi connectivity index (χ0) is 33.9. The van der Waals surface area contributed by atoms with Gasteiger partial charge in [-0.15, -0.1) is 0 Å². The van der Waals surface area contributed by atoms with Gasteiger partial charge in [-0.25, -0.2) is 15.0 Å². The Labute approximate surface area is 279 Å². The lowest BCUT2D eigenvalue weighted by molar-refractivity contribution is -0.139. The highest BCUT2D eigenvalue weighted by atomic mass is 79.9. The van der Waals surface area contributed by atoms with Crippen molar-refractivity contribution < 1.29 is 38.1 Å². The smallest absolute Gasteiger partial charge is 0.338 e. The molecular formula is C33H32BrN5O8. The van der Waals surface area contributed by atoms with Gasteiger partial charge < -0.3 is 34.3 Å². The number of nitriles is 1. The number of nitrogens with zero attached hydrogens (tertiary/aromatic N) is 2. The predicted octanol–water partition coefficient (Wildman–Crippen LogP) is 4.64. The molecular weight excluding hydrogens is 674 g/mol. The van der Waals surface area contributed by atoms with Crippen LogP contribution in [-0.2, 0) is 20.9 Å². The number of nitrogens with one attached hydrogen (secondary N) is 3. The lowest BCUT2D eigenvalue weighted by atomic mass is 9.95. The molecule has 0 unspecified atom stereocenters. The summed E-state index contributed by atoms with van der Waals surface area (Å²) in [6, 6.07) is 16.1. The minimum Gasteiger partial charge on any atom is -0.493 e. The number of urea groups is 1. The SMILES string of the molecule is CCOC(=O)C1=C(C)NC(=O)N[C@@H]1c1ccc(OCC(=O)N/N=C/c2cc(Br)cc(OC)c2OCc2ccc(C#N)cc2)c(OC)c1. The van der Waals surface area contributed by atoms with Crippen molar-refractivity contribution in [3.63, 3.8) is 0 Å². The third-order valence-corrected chi connectivity index (χ3v) is 7.23. The fourth-order valence-corrected chi connectivity index (χ4v) is 5.03. The number of hydrazone groups is 1. The Hall–Kier alpha value is -5.55. The fourth-order valence-electron chi connectivity index (χ4n) is 4.58. The monoisotopic (exact) mass is 705 g/mol. The van der Waals surface area contributed by atoms with Crippen molar-refractivity contribution in [3.8, 4) is 29.1 Å². The summed E-state index contributed by atoms with van der Waals surface area (Å²) < 4.78 is 28.6. The molecule has 13 nitrogen and oxygen atoms in total. The Bertz CT molecular complexity index is 1750. The van der Waals surface area contributed by atoms with Crippen LogP contribution in [0.15, 0.2) is 75.4 Å². The van der Waals surface area contributed by atoms with Crippen LogP contribution < -0.4 is 35.0 Å². The van der Waals surface area contributed by atoms with Crippen molar-refractivity contribution in [2.24, 2.45) is 5.10 Å². The van der Waals surface area contributed by atoms with E-state index in [0.29, 0.717) is 38.4 Å². The van der Waals surface area contributed by atoms with Gasteiger partial charge in [-0.3, -0.25) is 4.79 Å². The second-order valence-electron chi connectivity index (χ2n) is 9.91. The fraction of sp³-hybridized carbons (Fsp3) is 0.242. The summed E-state index contributed by atoms with van der Waals surface area (Å²) in [5.41, 5.74) is 5.51. The maximum absolute atomic E-state index is 12.6. The van der Waals surface area contributed by atoms with Gasteiger partial charge in [0.15, 0.2) is 29.6 Å². The number of methoxy groups -OCH3 is 2. The molecule has 0 radical (unpaired) electrons. The van der Waals surface area contributed by atoms with Gasteiger partial charge >= 0.3 is 12.0 Å². The van der Waals surface area contributed by atoms with Crippen molar-refractivity contribution in [1.82, 2.24) is 16.1 Å². The summed E-state index contributed by atoms with van der Waals surface area (Å²) in [5, 5.41) is 18.4. The van der Waals surface area contributed by atoms with Crippen LogP contribution in [0.2, 0.25) is 0 Å². The summed E-state index contributed by atoms with van der Waals surface area (Å²) >= 11 is 3.44. The maximum Gasteiger partial charge on any atom is 0.338 e. The number of carbonyl (C=O) groups is 3.